The van der Waals surface area contributed by atoms with Gasteiger partial charge in [-0.25, -0.2) is 4.79 Å². The smallest absolute Gasteiger partial charge is 0.339 e. The number of carboxylic acids is 1. The molecular formula is C16H23NO3. The van der Waals surface area contributed by atoms with Crippen LogP contribution in [0.2, 0.25) is 0 Å². The molecular weight excluding hydrogens is 254 g/mol. The molecule has 0 amide bonds. The third-order valence-corrected chi connectivity index (χ3v) is 4.05. The molecule has 0 saturated heterocycles. The largest absolute Gasteiger partial charge is 0.491 e. The maximum Gasteiger partial charge on any atom is 0.339 e. The third-order valence-electron chi connectivity index (χ3n) is 4.05. The van der Waals surface area contributed by atoms with Crippen molar-refractivity contribution in [2.24, 2.45) is 5.92 Å². The van der Waals surface area contributed by atoms with E-state index in [9.17, 15) is 4.79 Å². The van der Waals surface area contributed by atoms with Crippen LogP contribution in [0.15, 0.2) is 24.3 Å². The van der Waals surface area contributed by atoms with Gasteiger partial charge in [-0.3, -0.25) is 0 Å². The summed E-state index contributed by atoms with van der Waals surface area (Å²) in [5.41, 5.74) is 0.219. The number of aromatic carboxylic acids is 1. The standard InChI is InChI=1S/C16H23NO3/c1-12(13-6-2-3-7-13)17-10-11-20-15-9-5-4-8-14(15)16(18)19/h4-5,8-9,12-13,17H,2-3,6-7,10-11H2,1H3,(H,18,19)/t12-/m1/s1. The van der Waals surface area contributed by atoms with E-state index in [0.29, 0.717) is 18.4 Å². The summed E-state index contributed by atoms with van der Waals surface area (Å²) < 4.78 is 5.57. The summed E-state index contributed by atoms with van der Waals surface area (Å²) in [4.78, 5) is 11.0. The maximum atomic E-state index is 11.0. The number of carbonyl (C=O) groups is 1. The Labute approximate surface area is 120 Å². The number of carboxylic acid groups (broad SMARTS) is 1. The van der Waals surface area contributed by atoms with E-state index >= 15 is 0 Å². The fraction of sp³-hybridized carbons (Fsp3) is 0.562. The number of hydrogen-bond donors (Lipinski definition) is 2. The predicted molar refractivity (Wildman–Crippen MR) is 78.3 cm³/mol. The van der Waals surface area contributed by atoms with Crippen LogP contribution in [0.25, 0.3) is 0 Å². The molecule has 0 heterocycles. The van der Waals surface area contributed by atoms with Gasteiger partial charge in [-0.2, -0.15) is 0 Å². The van der Waals surface area contributed by atoms with Gasteiger partial charge in [0.2, 0.25) is 0 Å². The first-order valence-corrected chi connectivity index (χ1v) is 7.37. The average molecular weight is 277 g/mol. The van der Waals surface area contributed by atoms with Crippen LogP contribution in [0.1, 0.15) is 43.0 Å². The molecule has 0 radical (unpaired) electrons. The van der Waals surface area contributed by atoms with E-state index < -0.39 is 5.97 Å². The Hall–Kier alpha value is -1.55. The quantitative estimate of drug-likeness (QED) is 0.752. The molecule has 0 bridgehead atoms. The van der Waals surface area contributed by atoms with E-state index in [-0.39, 0.29) is 5.56 Å². The second kappa shape index (κ2) is 7.29. The second-order valence-electron chi connectivity index (χ2n) is 5.44. The molecule has 110 valence electrons. The Morgan fingerprint density at radius 1 is 1.40 bits per heavy atom. The Morgan fingerprint density at radius 3 is 2.80 bits per heavy atom. The van der Waals surface area contributed by atoms with Crippen LogP contribution in [-0.2, 0) is 0 Å². The lowest BCUT2D eigenvalue weighted by Gasteiger charge is -2.20. The van der Waals surface area contributed by atoms with E-state index in [4.69, 9.17) is 9.84 Å². The number of ether oxygens (including phenoxy) is 1. The van der Waals surface area contributed by atoms with Crippen molar-refractivity contribution in [3.63, 3.8) is 0 Å². The van der Waals surface area contributed by atoms with Gasteiger partial charge in [0.1, 0.15) is 17.9 Å². The Morgan fingerprint density at radius 2 is 2.10 bits per heavy atom. The van der Waals surface area contributed by atoms with Crippen LogP contribution >= 0.6 is 0 Å². The molecule has 2 N–H and O–H groups in total. The van der Waals surface area contributed by atoms with Crippen molar-refractivity contribution in [1.82, 2.24) is 5.32 Å². The van der Waals surface area contributed by atoms with Crippen molar-refractivity contribution < 1.29 is 14.6 Å². The normalized spacial score (nSPS) is 17.1. The molecule has 1 aliphatic carbocycles. The highest BCUT2D eigenvalue weighted by atomic mass is 16.5. The van der Waals surface area contributed by atoms with Crippen LogP contribution < -0.4 is 10.1 Å². The minimum Gasteiger partial charge on any atom is -0.491 e. The lowest BCUT2D eigenvalue weighted by molar-refractivity contribution is 0.0692. The molecule has 1 saturated carbocycles. The fourth-order valence-electron chi connectivity index (χ4n) is 2.84. The van der Waals surface area contributed by atoms with Gasteiger partial charge in [-0.1, -0.05) is 25.0 Å². The Kier molecular flexibility index (Phi) is 5.41. The molecule has 4 nitrogen and oxygen atoms in total. The molecule has 0 aliphatic heterocycles. The minimum absolute atomic E-state index is 0.219. The highest BCUT2D eigenvalue weighted by Gasteiger charge is 2.20. The first kappa shape index (κ1) is 14.9. The van der Waals surface area contributed by atoms with Crippen molar-refractivity contribution >= 4 is 5.97 Å². The summed E-state index contributed by atoms with van der Waals surface area (Å²) in [7, 11) is 0. The van der Waals surface area contributed by atoms with Crippen LogP contribution in [0.3, 0.4) is 0 Å². The van der Waals surface area contributed by atoms with Gasteiger partial charge in [0.25, 0.3) is 0 Å². The lowest BCUT2D eigenvalue weighted by atomic mass is 10.00. The zero-order chi connectivity index (χ0) is 14.4. The van der Waals surface area contributed by atoms with Gasteiger partial charge in [0.05, 0.1) is 0 Å². The molecule has 1 aliphatic rings. The molecule has 0 aromatic heterocycles. The molecule has 1 aromatic carbocycles. The van der Waals surface area contributed by atoms with Crippen molar-refractivity contribution in [3.8, 4) is 5.75 Å². The van der Waals surface area contributed by atoms with E-state index in [1.807, 2.05) is 0 Å². The molecule has 4 heteroatoms. The van der Waals surface area contributed by atoms with Crippen molar-refractivity contribution in [1.29, 1.82) is 0 Å². The first-order chi connectivity index (χ1) is 9.68. The van der Waals surface area contributed by atoms with E-state index in [0.717, 1.165) is 12.5 Å². The molecule has 0 unspecified atom stereocenters. The van der Waals surface area contributed by atoms with Gasteiger partial charge < -0.3 is 15.2 Å². The molecule has 2 rings (SSSR count). The predicted octanol–water partition coefficient (Wildman–Crippen LogP) is 2.93. The summed E-state index contributed by atoms with van der Waals surface area (Å²) in [6.45, 7) is 3.45. The van der Waals surface area contributed by atoms with Crippen molar-refractivity contribution in [2.75, 3.05) is 13.2 Å². The van der Waals surface area contributed by atoms with Gasteiger partial charge in [-0.15, -0.1) is 0 Å². The van der Waals surface area contributed by atoms with Crippen molar-refractivity contribution in [2.45, 2.75) is 38.6 Å². The van der Waals surface area contributed by atoms with Gasteiger partial charge in [0.15, 0.2) is 0 Å². The summed E-state index contributed by atoms with van der Waals surface area (Å²) in [5.74, 6) is 0.268. The third kappa shape index (κ3) is 3.97. The van der Waals surface area contributed by atoms with Crippen LogP contribution in [-0.4, -0.2) is 30.3 Å². The highest BCUT2D eigenvalue weighted by Crippen LogP contribution is 2.27. The Bertz CT molecular complexity index is 441. The fourth-order valence-corrected chi connectivity index (χ4v) is 2.84. The monoisotopic (exact) mass is 277 g/mol. The summed E-state index contributed by atoms with van der Waals surface area (Å²) in [6, 6.07) is 7.26. The van der Waals surface area contributed by atoms with Crippen LogP contribution in [0, 0.1) is 5.92 Å². The number of para-hydroxylation sites is 1. The molecule has 1 fully saturated rings. The molecule has 1 atom stereocenters. The summed E-state index contributed by atoms with van der Waals surface area (Å²) >= 11 is 0. The van der Waals surface area contributed by atoms with Crippen LogP contribution in [0.4, 0.5) is 0 Å². The topological polar surface area (TPSA) is 58.6 Å². The second-order valence-corrected chi connectivity index (χ2v) is 5.44. The Balaban J connectivity index is 1.74. The molecule has 1 aromatic rings. The zero-order valence-electron chi connectivity index (χ0n) is 12.0. The number of benzene rings is 1. The van der Waals surface area contributed by atoms with E-state index in [1.165, 1.54) is 25.7 Å². The molecule has 20 heavy (non-hydrogen) atoms. The highest BCUT2D eigenvalue weighted by molar-refractivity contribution is 5.90. The van der Waals surface area contributed by atoms with Gasteiger partial charge in [0, 0.05) is 12.6 Å². The average Bonchev–Trinajstić information content (AvgIpc) is 2.98. The summed E-state index contributed by atoms with van der Waals surface area (Å²) in [5, 5.41) is 12.5. The zero-order valence-corrected chi connectivity index (χ0v) is 12.0. The minimum atomic E-state index is -0.951. The summed E-state index contributed by atoms with van der Waals surface area (Å²) in [6.07, 6.45) is 5.33. The van der Waals surface area contributed by atoms with Gasteiger partial charge in [-0.05, 0) is 37.8 Å². The number of hydrogen-bond acceptors (Lipinski definition) is 3. The lowest BCUT2D eigenvalue weighted by Crippen LogP contribution is -2.35. The maximum absolute atomic E-state index is 11.0. The van der Waals surface area contributed by atoms with E-state index in [2.05, 4.69) is 12.2 Å². The first-order valence-electron chi connectivity index (χ1n) is 7.37. The number of nitrogens with one attached hydrogen (secondary N) is 1. The number of rotatable bonds is 7. The molecule has 0 spiro atoms. The van der Waals surface area contributed by atoms with E-state index in [1.54, 1.807) is 24.3 Å². The van der Waals surface area contributed by atoms with Gasteiger partial charge >= 0.3 is 5.97 Å². The van der Waals surface area contributed by atoms with Crippen LogP contribution in [0.5, 0.6) is 5.75 Å². The van der Waals surface area contributed by atoms with Crippen molar-refractivity contribution in [3.05, 3.63) is 29.8 Å². The SMILES string of the molecule is C[C@@H](NCCOc1ccccc1C(=O)O)C1CCCC1.